The van der Waals surface area contributed by atoms with Crippen molar-refractivity contribution < 1.29 is 28.7 Å². The quantitative estimate of drug-likeness (QED) is 0.487. The zero-order valence-electron chi connectivity index (χ0n) is 18.5. The number of hydrogen-bond donors (Lipinski definition) is 4. The van der Waals surface area contributed by atoms with Gasteiger partial charge in [-0.25, -0.2) is 0 Å². The van der Waals surface area contributed by atoms with Crippen LogP contribution in [0.3, 0.4) is 0 Å². The molecule has 2 rings (SSSR count). The van der Waals surface area contributed by atoms with Crippen LogP contribution in [0.15, 0.2) is 36.4 Å². The Bertz CT molecular complexity index is 1000. The molecular weight excluding hydrogens is 416 g/mol. The summed E-state index contributed by atoms with van der Waals surface area (Å²) in [7, 11) is 1.46. The first-order valence-electron chi connectivity index (χ1n) is 9.74. The number of anilines is 2. The molecule has 10 nitrogen and oxygen atoms in total. The predicted molar refractivity (Wildman–Crippen MR) is 119 cm³/mol. The van der Waals surface area contributed by atoms with E-state index in [-0.39, 0.29) is 29.0 Å². The van der Waals surface area contributed by atoms with Crippen molar-refractivity contribution in [1.82, 2.24) is 10.9 Å². The summed E-state index contributed by atoms with van der Waals surface area (Å²) in [5.74, 6) is -1.05. The number of rotatable bonds is 7. The number of nitrogens with one attached hydrogen (secondary N) is 4. The summed E-state index contributed by atoms with van der Waals surface area (Å²) in [6, 6.07) is 8.96. The van der Waals surface area contributed by atoms with Gasteiger partial charge in [0.25, 0.3) is 11.8 Å². The third-order valence-electron chi connectivity index (χ3n) is 3.91. The Morgan fingerprint density at radius 1 is 0.750 bits per heavy atom. The van der Waals surface area contributed by atoms with Crippen LogP contribution in [0.1, 0.15) is 48.4 Å². The van der Waals surface area contributed by atoms with Crippen molar-refractivity contribution in [3.8, 4) is 11.5 Å². The van der Waals surface area contributed by atoms with E-state index in [9.17, 15) is 19.2 Å². The maximum atomic E-state index is 12.6. The van der Waals surface area contributed by atoms with Crippen molar-refractivity contribution in [1.29, 1.82) is 0 Å². The normalized spacial score (nSPS) is 10.2. The zero-order valence-corrected chi connectivity index (χ0v) is 18.5. The third-order valence-corrected chi connectivity index (χ3v) is 3.91. The molecule has 0 heterocycles. The Morgan fingerprint density at radius 2 is 1.28 bits per heavy atom. The zero-order chi connectivity index (χ0) is 23.8. The van der Waals surface area contributed by atoms with Gasteiger partial charge in [0, 0.05) is 36.3 Å². The fraction of sp³-hybridized carbons (Fsp3) is 0.273. The predicted octanol–water partition coefficient (Wildman–Crippen LogP) is 2.47. The maximum Gasteiger partial charge on any atom is 0.269 e. The molecule has 0 aliphatic carbocycles. The van der Waals surface area contributed by atoms with Crippen LogP contribution in [-0.2, 0) is 9.59 Å². The standard InChI is InChI=1S/C22H26N4O6/c1-12(2)32-19-7-6-15(10-20(19)31-5)21(29)25-26-22(30)16-8-17(23-13(3)27)11-18(9-16)24-14(4)28/h6-12H,1-5H3,(H,23,27)(H,24,28)(H,25,29)(H,26,30). The van der Waals surface area contributed by atoms with Crippen molar-refractivity contribution in [2.75, 3.05) is 17.7 Å². The molecule has 0 aliphatic heterocycles. The number of methoxy groups -OCH3 is 1. The molecule has 0 fully saturated rings. The fourth-order valence-electron chi connectivity index (χ4n) is 2.73. The van der Waals surface area contributed by atoms with E-state index in [1.54, 1.807) is 6.07 Å². The maximum absolute atomic E-state index is 12.6. The van der Waals surface area contributed by atoms with Crippen LogP contribution in [0.5, 0.6) is 11.5 Å². The van der Waals surface area contributed by atoms with Gasteiger partial charge in [-0.2, -0.15) is 0 Å². The second-order valence-electron chi connectivity index (χ2n) is 7.10. The molecule has 0 radical (unpaired) electrons. The lowest BCUT2D eigenvalue weighted by Crippen LogP contribution is -2.41. The Morgan fingerprint density at radius 3 is 1.75 bits per heavy atom. The van der Waals surface area contributed by atoms with Gasteiger partial charge in [0.1, 0.15) is 0 Å². The second-order valence-corrected chi connectivity index (χ2v) is 7.10. The van der Waals surface area contributed by atoms with E-state index < -0.39 is 11.8 Å². The first kappa shape index (κ1) is 24.2. The van der Waals surface area contributed by atoms with Crippen LogP contribution in [-0.4, -0.2) is 36.8 Å². The van der Waals surface area contributed by atoms with Crippen molar-refractivity contribution in [2.24, 2.45) is 0 Å². The average Bonchev–Trinajstić information content (AvgIpc) is 2.70. The molecule has 0 atom stereocenters. The molecule has 0 saturated heterocycles. The summed E-state index contributed by atoms with van der Waals surface area (Å²) in [4.78, 5) is 47.7. The molecule has 0 spiro atoms. The molecule has 0 saturated carbocycles. The Balaban J connectivity index is 2.15. The van der Waals surface area contributed by atoms with E-state index in [1.807, 2.05) is 13.8 Å². The van der Waals surface area contributed by atoms with Crippen molar-refractivity contribution in [3.05, 3.63) is 47.5 Å². The van der Waals surface area contributed by atoms with Crippen LogP contribution < -0.4 is 31.0 Å². The Labute approximate surface area is 185 Å². The smallest absolute Gasteiger partial charge is 0.269 e. The van der Waals surface area contributed by atoms with Gasteiger partial charge in [-0.15, -0.1) is 0 Å². The van der Waals surface area contributed by atoms with Gasteiger partial charge < -0.3 is 20.1 Å². The highest BCUT2D eigenvalue weighted by molar-refractivity contribution is 6.02. The molecule has 0 unspecified atom stereocenters. The summed E-state index contributed by atoms with van der Waals surface area (Å²) in [6.45, 7) is 6.37. The van der Waals surface area contributed by atoms with Gasteiger partial charge in [-0.05, 0) is 50.2 Å². The lowest BCUT2D eigenvalue weighted by molar-refractivity contribution is -0.115. The van der Waals surface area contributed by atoms with E-state index in [4.69, 9.17) is 9.47 Å². The van der Waals surface area contributed by atoms with Crippen LogP contribution in [0.2, 0.25) is 0 Å². The third kappa shape index (κ3) is 7.01. The first-order valence-corrected chi connectivity index (χ1v) is 9.74. The second kappa shape index (κ2) is 10.8. The van der Waals surface area contributed by atoms with E-state index in [0.717, 1.165) is 0 Å². The monoisotopic (exact) mass is 442 g/mol. The van der Waals surface area contributed by atoms with Crippen LogP contribution in [0.25, 0.3) is 0 Å². The summed E-state index contributed by atoms with van der Waals surface area (Å²) in [5.41, 5.74) is 5.60. The summed E-state index contributed by atoms with van der Waals surface area (Å²) >= 11 is 0. The minimum atomic E-state index is -0.649. The highest BCUT2D eigenvalue weighted by Gasteiger charge is 2.15. The summed E-state index contributed by atoms with van der Waals surface area (Å²) < 4.78 is 10.9. The highest BCUT2D eigenvalue weighted by atomic mass is 16.5. The van der Waals surface area contributed by atoms with Crippen molar-refractivity contribution in [2.45, 2.75) is 33.8 Å². The fourth-order valence-corrected chi connectivity index (χ4v) is 2.73. The highest BCUT2D eigenvalue weighted by Crippen LogP contribution is 2.29. The SMILES string of the molecule is COc1cc(C(=O)NNC(=O)c2cc(NC(C)=O)cc(NC(C)=O)c2)ccc1OC(C)C. The average molecular weight is 442 g/mol. The first-order chi connectivity index (χ1) is 15.1. The van der Waals surface area contributed by atoms with Crippen LogP contribution in [0.4, 0.5) is 11.4 Å². The van der Waals surface area contributed by atoms with Crippen molar-refractivity contribution >= 4 is 35.0 Å². The number of carbonyl (C=O) groups is 4. The Hall–Kier alpha value is -4.08. The Kier molecular flexibility index (Phi) is 8.17. The minimum absolute atomic E-state index is 0.0708. The van der Waals surface area contributed by atoms with Gasteiger partial charge in [0.05, 0.1) is 13.2 Å². The molecule has 32 heavy (non-hydrogen) atoms. The van der Waals surface area contributed by atoms with Crippen LogP contribution in [0, 0.1) is 0 Å². The number of carbonyl (C=O) groups excluding carboxylic acids is 4. The molecule has 2 aromatic carbocycles. The molecule has 10 heteroatoms. The lowest BCUT2D eigenvalue weighted by Gasteiger charge is -2.15. The van der Waals surface area contributed by atoms with Gasteiger partial charge in [-0.1, -0.05) is 0 Å². The molecule has 0 bridgehead atoms. The van der Waals surface area contributed by atoms with Crippen molar-refractivity contribution in [3.63, 3.8) is 0 Å². The summed E-state index contributed by atoms with van der Waals surface area (Å²) in [6.07, 6.45) is -0.0708. The van der Waals surface area contributed by atoms with Crippen LogP contribution >= 0.6 is 0 Å². The number of hydrogen-bond acceptors (Lipinski definition) is 6. The van der Waals surface area contributed by atoms with E-state index >= 15 is 0 Å². The molecule has 2 aromatic rings. The van der Waals surface area contributed by atoms with Gasteiger partial charge in [-0.3, -0.25) is 30.0 Å². The molecule has 0 aromatic heterocycles. The number of hydrazine groups is 1. The van der Waals surface area contributed by atoms with E-state index in [2.05, 4.69) is 21.5 Å². The number of ether oxygens (including phenoxy) is 2. The molecule has 0 aliphatic rings. The molecule has 4 N–H and O–H groups in total. The topological polar surface area (TPSA) is 135 Å². The molecule has 4 amide bonds. The van der Waals surface area contributed by atoms with E-state index in [1.165, 1.54) is 51.3 Å². The van der Waals surface area contributed by atoms with Gasteiger partial charge in [0.15, 0.2) is 11.5 Å². The largest absolute Gasteiger partial charge is 0.493 e. The van der Waals surface area contributed by atoms with Gasteiger partial charge in [0.2, 0.25) is 11.8 Å². The van der Waals surface area contributed by atoms with Gasteiger partial charge >= 0.3 is 0 Å². The number of amides is 4. The number of benzene rings is 2. The minimum Gasteiger partial charge on any atom is -0.493 e. The molecule has 170 valence electrons. The lowest BCUT2D eigenvalue weighted by atomic mass is 10.1. The van der Waals surface area contributed by atoms with E-state index in [0.29, 0.717) is 22.9 Å². The summed E-state index contributed by atoms with van der Waals surface area (Å²) in [5, 5.41) is 5.10. The molecular formula is C22H26N4O6.